The molecule has 0 radical (unpaired) electrons. The van der Waals surface area contributed by atoms with Crippen LogP contribution in [0.3, 0.4) is 0 Å². The van der Waals surface area contributed by atoms with Gasteiger partial charge in [0.2, 0.25) is 0 Å². The monoisotopic (exact) mass is 223 g/mol. The van der Waals surface area contributed by atoms with E-state index < -0.39 is 6.10 Å². The number of rotatable bonds is 3. The molecule has 1 unspecified atom stereocenters. The molecule has 4 nitrogen and oxygen atoms in total. The Balaban J connectivity index is 2.15. The van der Waals surface area contributed by atoms with Gasteiger partial charge in [-0.25, -0.2) is 0 Å². The molecule has 1 fully saturated rings. The molecular formula is C12H17NO3. The molecule has 0 spiro atoms. The van der Waals surface area contributed by atoms with E-state index in [1.807, 2.05) is 6.07 Å². The highest BCUT2D eigenvalue weighted by Crippen LogP contribution is 2.34. The van der Waals surface area contributed by atoms with Crippen LogP contribution in [0.15, 0.2) is 18.5 Å². The zero-order valence-corrected chi connectivity index (χ0v) is 9.43. The van der Waals surface area contributed by atoms with Gasteiger partial charge in [-0.05, 0) is 24.8 Å². The van der Waals surface area contributed by atoms with Crippen molar-refractivity contribution < 1.29 is 14.6 Å². The summed E-state index contributed by atoms with van der Waals surface area (Å²) in [6.45, 7) is 1.46. The molecule has 0 amide bonds. The molecule has 16 heavy (non-hydrogen) atoms. The summed E-state index contributed by atoms with van der Waals surface area (Å²) in [5.74, 6) is 0.909. The van der Waals surface area contributed by atoms with E-state index in [4.69, 9.17) is 9.47 Å². The third kappa shape index (κ3) is 2.33. The molecule has 1 saturated heterocycles. The Morgan fingerprint density at radius 3 is 2.94 bits per heavy atom. The second-order valence-corrected chi connectivity index (χ2v) is 4.01. The van der Waals surface area contributed by atoms with Gasteiger partial charge >= 0.3 is 0 Å². The number of methoxy groups -OCH3 is 1. The highest BCUT2D eigenvalue weighted by Gasteiger charge is 2.25. The first-order chi connectivity index (χ1) is 7.83. The molecule has 1 atom stereocenters. The standard InChI is InChI=1S/C12H17NO3/c1-15-11-8-13-5-2-10(11)12(14)9-3-6-16-7-4-9/h2,5,8-9,12,14H,3-4,6-7H2,1H3. The van der Waals surface area contributed by atoms with Crippen LogP contribution in [0.25, 0.3) is 0 Å². The van der Waals surface area contributed by atoms with E-state index in [1.54, 1.807) is 19.5 Å². The summed E-state index contributed by atoms with van der Waals surface area (Å²) in [6, 6.07) is 1.82. The van der Waals surface area contributed by atoms with Crippen LogP contribution in [-0.2, 0) is 4.74 Å². The number of hydrogen-bond donors (Lipinski definition) is 1. The summed E-state index contributed by atoms with van der Waals surface area (Å²) < 4.78 is 10.5. The van der Waals surface area contributed by atoms with Gasteiger partial charge in [0.1, 0.15) is 5.75 Å². The van der Waals surface area contributed by atoms with Crippen molar-refractivity contribution in [1.82, 2.24) is 4.98 Å². The van der Waals surface area contributed by atoms with Crippen LogP contribution >= 0.6 is 0 Å². The molecular weight excluding hydrogens is 206 g/mol. The van der Waals surface area contributed by atoms with Crippen LogP contribution in [0.4, 0.5) is 0 Å². The summed E-state index contributed by atoms with van der Waals surface area (Å²) in [5, 5.41) is 10.3. The van der Waals surface area contributed by atoms with Crippen molar-refractivity contribution in [2.24, 2.45) is 5.92 Å². The number of aliphatic hydroxyl groups excluding tert-OH is 1. The van der Waals surface area contributed by atoms with E-state index in [-0.39, 0.29) is 5.92 Å². The number of nitrogens with zero attached hydrogens (tertiary/aromatic N) is 1. The maximum atomic E-state index is 10.3. The van der Waals surface area contributed by atoms with E-state index in [0.717, 1.165) is 31.6 Å². The van der Waals surface area contributed by atoms with Crippen LogP contribution in [0.2, 0.25) is 0 Å². The molecule has 1 aromatic heterocycles. The van der Waals surface area contributed by atoms with Crippen molar-refractivity contribution in [3.63, 3.8) is 0 Å². The average Bonchev–Trinajstić information content (AvgIpc) is 2.39. The quantitative estimate of drug-likeness (QED) is 0.844. The number of pyridine rings is 1. The fraction of sp³-hybridized carbons (Fsp3) is 0.583. The number of hydrogen-bond acceptors (Lipinski definition) is 4. The smallest absolute Gasteiger partial charge is 0.142 e. The van der Waals surface area contributed by atoms with Gasteiger partial charge in [-0.1, -0.05) is 0 Å². The van der Waals surface area contributed by atoms with Crippen LogP contribution < -0.4 is 4.74 Å². The number of aromatic nitrogens is 1. The highest BCUT2D eigenvalue weighted by molar-refractivity contribution is 5.32. The summed E-state index contributed by atoms with van der Waals surface area (Å²) in [4.78, 5) is 3.98. The van der Waals surface area contributed by atoms with Crippen LogP contribution in [0.1, 0.15) is 24.5 Å². The lowest BCUT2D eigenvalue weighted by Gasteiger charge is -2.27. The third-order valence-electron chi connectivity index (χ3n) is 3.07. The zero-order valence-electron chi connectivity index (χ0n) is 9.43. The lowest BCUT2D eigenvalue weighted by atomic mass is 9.89. The second kappa shape index (κ2) is 5.27. The summed E-state index contributed by atoms with van der Waals surface area (Å²) >= 11 is 0. The highest BCUT2D eigenvalue weighted by atomic mass is 16.5. The maximum Gasteiger partial charge on any atom is 0.142 e. The molecule has 0 bridgehead atoms. The SMILES string of the molecule is COc1cnccc1C(O)C1CCOCC1. The second-order valence-electron chi connectivity index (χ2n) is 4.01. The first-order valence-corrected chi connectivity index (χ1v) is 5.56. The fourth-order valence-electron chi connectivity index (χ4n) is 2.09. The van der Waals surface area contributed by atoms with Gasteiger partial charge < -0.3 is 14.6 Å². The van der Waals surface area contributed by atoms with Gasteiger partial charge in [0.05, 0.1) is 19.4 Å². The molecule has 1 aliphatic heterocycles. The van der Waals surface area contributed by atoms with Gasteiger partial charge in [0.25, 0.3) is 0 Å². The Hall–Kier alpha value is -1.13. The molecule has 0 aliphatic carbocycles. The minimum absolute atomic E-state index is 0.255. The molecule has 0 saturated carbocycles. The molecule has 0 aromatic carbocycles. The van der Waals surface area contributed by atoms with Crippen LogP contribution in [-0.4, -0.2) is 30.4 Å². The zero-order chi connectivity index (χ0) is 11.4. The number of aliphatic hydroxyl groups is 1. The predicted octanol–water partition coefficient (Wildman–Crippen LogP) is 1.55. The molecule has 1 aromatic rings. The van der Waals surface area contributed by atoms with Gasteiger partial charge in [-0.3, -0.25) is 4.98 Å². The Bertz CT molecular complexity index is 337. The van der Waals surface area contributed by atoms with Crippen LogP contribution in [0.5, 0.6) is 5.75 Å². The van der Waals surface area contributed by atoms with E-state index in [2.05, 4.69) is 4.98 Å². The van der Waals surface area contributed by atoms with Crippen molar-refractivity contribution in [2.75, 3.05) is 20.3 Å². The van der Waals surface area contributed by atoms with Crippen molar-refractivity contribution in [2.45, 2.75) is 18.9 Å². The molecule has 2 rings (SSSR count). The van der Waals surface area contributed by atoms with Crippen molar-refractivity contribution in [3.05, 3.63) is 24.0 Å². The van der Waals surface area contributed by atoms with Crippen molar-refractivity contribution >= 4 is 0 Å². The average molecular weight is 223 g/mol. The van der Waals surface area contributed by atoms with Gasteiger partial charge in [0, 0.05) is 25.0 Å². The lowest BCUT2D eigenvalue weighted by molar-refractivity contribution is 0.00633. The third-order valence-corrected chi connectivity index (χ3v) is 3.07. The molecule has 1 aliphatic rings. The minimum atomic E-state index is -0.484. The van der Waals surface area contributed by atoms with E-state index in [1.165, 1.54) is 0 Å². The molecule has 88 valence electrons. The fourth-order valence-corrected chi connectivity index (χ4v) is 2.09. The molecule has 4 heteroatoms. The largest absolute Gasteiger partial charge is 0.495 e. The first-order valence-electron chi connectivity index (χ1n) is 5.56. The van der Waals surface area contributed by atoms with Crippen molar-refractivity contribution in [3.8, 4) is 5.75 Å². The van der Waals surface area contributed by atoms with E-state index >= 15 is 0 Å². The van der Waals surface area contributed by atoms with Gasteiger partial charge in [-0.15, -0.1) is 0 Å². The summed E-state index contributed by atoms with van der Waals surface area (Å²) in [5.41, 5.74) is 0.824. The van der Waals surface area contributed by atoms with E-state index in [9.17, 15) is 5.11 Å². The maximum absolute atomic E-state index is 10.3. The summed E-state index contributed by atoms with van der Waals surface area (Å²) in [6.07, 6.45) is 4.62. The Kier molecular flexibility index (Phi) is 3.74. The number of ether oxygens (including phenoxy) is 2. The van der Waals surface area contributed by atoms with Crippen LogP contribution in [0, 0.1) is 5.92 Å². The Morgan fingerprint density at radius 1 is 1.50 bits per heavy atom. The predicted molar refractivity (Wildman–Crippen MR) is 59.3 cm³/mol. The van der Waals surface area contributed by atoms with Gasteiger partial charge in [-0.2, -0.15) is 0 Å². The summed E-state index contributed by atoms with van der Waals surface area (Å²) in [7, 11) is 1.59. The minimum Gasteiger partial charge on any atom is -0.495 e. The molecule has 1 N–H and O–H groups in total. The topological polar surface area (TPSA) is 51.6 Å². The Morgan fingerprint density at radius 2 is 2.25 bits per heavy atom. The lowest BCUT2D eigenvalue weighted by Crippen LogP contribution is -2.22. The van der Waals surface area contributed by atoms with Crippen molar-refractivity contribution in [1.29, 1.82) is 0 Å². The normalized spacial score (nSPS) is 19.4. The van der Waals surface area contributed by atoms with Gasteiger partial charge in [0.15, 0.2) is 0 Å². The molecule has 2 heterocycles. The Labute approximate surface area is 95.2 Å². The first kappa shape index (κ1) is 11.4. The van der Waals surface area contributed by atoms with E-state index in [0.29, 0.717) is 5.75 Å².